The minimum absolute atomic E-state index is 0.139. The maximum absolute atomic E-state index is 13.3. The number of nitrogens with zero attached hydrogens (tertiary/aromatic N) is 2. The van der Waals surface area contributed by atoms with Crippen molar-refractivity contribution in [3.63, 3.8) is 0 Å². The first-order valence-corrected chi connectivity index (χ1v) is 12.7. The molecule has 0 bridgehead atoms. The van der Waals surface area contributed by atoms with Crippen molar-refractivity contribution in [2.24, 2.45) is 0 Å². The number of alkyl halides is 3. The number of nitro benzene ring substituents is 1. The fraction of sp³-hybridized carbons (Fsp3) is 0.391. The van der Waals surface area contributed by atoms with Crippen LogP contribution in [0, 0.1) is 10.1 Å². The van der Waals surface area contributed by atoms with E-state index >= 15 is 0 Å². The van der Waals surface area contributed by atoms with Crippen molar-refractivity contribution in [2.75, 3.05) is 19.0 Å². The van der Waals surface area contributed by atoms with E-state index in [1.807, 2.05) is 5.32 Å². The highest BCUT2D eigenvalue weighted by molar-refractivity contribution is 7.89. The third-order valence-corrected chi connectivity index (χ3v) is 7.87. The molecule has 14 heteroatoms. The van der Waals surface area contributed by atoms with Gasteiger partial charge >= 0.3 is 12.1 Å². The Morgan fingerprint density at radius 3 is 2.43 bits per heavy atom. The Kier molecular flexibility index (Phi) is 8.53. The first kappa shape index (κ1) is 28.1. The molecular formula is C23H24F3N3O7S. The van der Waals surface area contributed by atoms with Crippen molar-refractivity contribution >= 4 is 33.3 Å². The molecule has 2 aromatic carbocycles. The molecule has 200 valence electrons. The average molecular weight is 544 g/mol. The standard InChI is InChI=1S/C23H24F3N3O7S/c1-28(16-7-3-2-4-8-16)37(34,35)18-9-5-6-15(12-18)22(31)36-14-21(30)27-20-11-10-17(29(32)33)13-19(20)23(24,25)26/h5-6,9-13,16H,2-4,7-8,14H2,1H3,(H,27,30). The van der Waals surface area contributed by atoms with Crippen LogP contribution in [0.4, 0.5) is 24.5 Å². The minimum Gasteiger partial charge on any atom is -0.452 e. The van der Waals surface area contributed by atoms with Gasteiger partial charge in [-0.3, -0.25) is 14.9 Å². The van der Waals surface area contributed by atoms with Gasteiger partial charge < -0.3 is 10.1 Å². The van der Waals surface area contributed by atoms with Crippen LogP contribution < -0.4 is 5.32 Å². The monoisotopic (exact) mass is 543 g/mol. The molecule has 3 rings (SSSR count). The van der Waals surface area contributed by atoms with E-state index in [0.29, 0.717) is 0 Å². The third kappa shape index (κ3) is 6.83. The maximum atomic E-state index is 13.3. The summed E-state index contributed by atoms with van der Waals surface area (Å²) in [6.45, 7) is -0.980. The number of benzene rings is 2. The normalized spacial score (nSPS) is 14.8. The molecule has 1 aliphatic carbocycles. The zero-order valence-corrected chi connectivity index (χ0v) is 20.5. The molecule has 1 amide bonds. The Balaban J connectivity index is 1.68. The van der Waals surface area contributed by atoms with Crippen LogP contribution in [-0.2, 0) is 25.7 Å². The molecule has 0 aliphatic heterocycles. The number of sulfonamides is 1. The second-order valence-corrected chi connectivity index (χ2v) is 10.4. The number of carbonyl (C=O) groups is 2. The topological polar surface area (TPSA) is 136 Å². The van der Waals surface area contributed by atoms with Gasteiger partial charge in [-0.05, 0) is 37.1 Å². The Morgan fingerprint density at radius 2 is 1.81 bits per heavy atom. The number of ether oxygens (including phenoxy) is 1. The number of hydrogen-bond donors (Lipinski definition) is 1. The van der Waals surface area contributed by atoms with Gasteiger partial charge in [-0.2, -0.15) is 17.5 Å². The molecule has 37 heavy (non-hydrogen) atoms. The lowest BCUT2D eigenvalue weighted by molar-refractivity contribution is -0.385. The summed E-state index contributed by atoms with van der Waals surface area (Å²) in [5.41, 5.74) is -3.18. The van der Waals surface area contributed by atoms with Crippen molar-refractivity contribution in [3.05, 3.63) is 63.7 Å². The molecule has 10 nitrogen and oxygen atoms in total. The molecule has 0 saturated heterocycles. The van der Waals surface area contributed by atoms with Gasteiger partial charge in [-0.1, -0.05) is 25.3 Å². The molecule has 1 aliphatic rings. The molecule has 0 spiro atoms. The summed E-state index contributed by atoms with van der Waals surface area (Å²) in [7, 11) is -2.42. The highest BCUT2D eigenvalue weighted by Gasteiger charge is 2.36. The molecule has 0 radical (unpaired) electrons. The minimum atomic E-state index is -5.00. The smallest absolute Gasteiger partial charge is 0.418 e. The first-order chi connectivity index (χ1) is 17.3. The SMILES string of the molecule is CN(C1CCCCC1)S(=O)(=O)c1cccc(C(=O)OCC(=O)Nc2ccc([N+](=O)[O-])cc2C(F)(F)F)c1. The average Bonchev–Trinajstić information content (AvgIpc) is 2.86. The van der Waals surface area contributed by atoms with E-state index in [4.69, 9.17) is 4.74 Å². The quantitative estimate of drug-likeness (QED) is 0.297. The van der Waals surface area contributed by atoms with Crippen molar-refractivity contribution in [1.82, 2.24) is 4.31 Å². The van der Waals surface area contributed by atoms with Crippen molar-refractivity contribution in [1.29, 1.82) is 0 Å². The first-order valence-electron chi connectivity index (χ1n) is 11.2. The molecule has 1 fully saturated rings. The zero-order chi connectivity index (χ0) is 27.4. The second kappa shape index (κ2) is 11.3. The van der Waals surface area contributed by atoms with Crippen LogP contribution >= 0.6 is 0 Å². The van der Waals surface area contributed by atoms with E-state index in [1.54, 1.807) is 0 Å². The van der Waals surface area contributed by atoms with Gasteiger partial charge in [0.15, 0.2) is 6.61 Å². The highest BCUT2D eigenvalue weighted by atomic mass is 32.2. The molecule has 1 saturated carbocycles. The number of esters is 1. The molecule has 0 unspecified atom stereocenters. The lowest BCUT2D eigenvalue weighted by Crippen LogP contribution is -2.38. The summed E-state index contributed by atoms with van der Waals surface area (Å²) in [6.07, 6.45) is -0.648. The van der Waals surface area contributed by atoms with Gasteiger partial charge in [0, 0.05) is 25.2 Å². The fourth-order valence-electron chi connectivity index (χ4n) is 3.98. The van der Waals surface area contributed by atoms with Gasteiger partial charge in [0.25, 0.3) is 11.6 Å². The predicted octanol–water partition coefficient (Wildman–Crippen LogP) is 4.36. The number of nitro groups is 1. The Bertz CT molecular complexity index is 1290. The summed E-state index contributed by atoms with van der Waals surface area (Å²) in [5, 5.41) is 12.7. The van der Waals surface area contributed by atoms with Gasteiger partial charge in [-0.25, -0.2) is 13.2 Å². The lowest BCUT2D eigenvalue weighted by atomic mass is 9.96. The second-order valence-electron chi connectivity index (χ2n) is 8.45. The number of amides is 1. The number of rotatable bonds is 8. The number of carbonyl (C=O) groups excluding carboxylic acids is 2. The molecular weight excluding hydrogens is 519 g/mol. The largest absolute Gasteiger partial charge is 0.452 e. The van der Waals surface area contributed by atoms with E-state index < -0.39 is 56.5 Å². The van der Waals surface area contributed by atoms with E-state index in [1.165, 1.54) is 29.6 Å². The third-order valence-electron chi connectivity index (χ3n) is 5.96. The van der Waals surface area contributed by atoms with E-state index in [9.17, 15) is 41.3 Å². The molecule has 0 atom stereocenters. The molecule has 1 N–H and O–H groups in total. The molecule has 0 aromatic heterocycles. The van der Waals surface area contributed by atoms with E-state index in [0.717, 1.165) is 50.3 Å². The Hall–Kier alpha value is -3.52. The van der Waals surface area contributed by atoms with Crippen LogP contribution in [0.1, 0.15) is 48.0 Å². The Morgan fingerprint density at radius 1 is 1.14 bits per heavy atom. The fourth-order valence-corrected chi connectivity index (χ4v) is 5.44. The van der Waals surface area contributed by atoms with Crippen LogP contribution in [0.25, 0.3) is 0 Å². The van der Waals surface area contributed by atoms with Gasteiger partial charge in [0.2, 0.25) is 10.0 Å². The molecule has 0 heterocycles. The van der Waals surface area contributed by atoms with Gasteiger partial charge in [0.05, 0.1) is 26.6 Å². The number of non-ortho nitro benzene ring substituents is 1. The number of halogens is 3. The Labute approximate surface area is 210 Å². The summed E-state index contributed by atoms with van der Waals surface area (Å²) >= 11 is 0. The van der Waals surface area contributed by atoms with Crippen LogP contribution in [-0.4, -0.2) is 49.2 Å². The van der Waals surface area contributed by atoms with Crippen LogP contribution in [0.3, 0.4) is 0 Å². The van der Waals surface area contributed by atoms with E-state index in [-0.39, 0.29) is 22.6 Å². The summed E-state index contributed by atoms with van der Waals surface area (Å²) in [4.78, 5) is 34.2. The predicted molar refractivity (Wildman–Crippen MR) is 125 cm³/mol. The maximum Gasteiger partial charge on any atom is 0.418 e. The molecule has 2 aromatic rings. The number of hydrogen-bond acceptors (Lipinski definition) is 7. The van der Waals surface area contributed by atoms with Crippen LogP contribution in [0.5, 0.6) is 0 Å². The highest BCUT2D eigenvalue weighted by Crippen LogP contribution is 2.37. The van der Waals surface area contributed by atoms with Crippen LogP contribution in [0.2, 0.25) is 0 Å². The summed E-state index contributed by atoms with van der Waals surface area (Å²) < 4.78 is 72.0. The van der Waals surface area contributed by atoms with Gasteiger partial charge in [-0.15, -0.1) is 0 Å². The van der Waals surface area contributed by atoms with Gasteiger partial charge in [0.1, 0.15) is 0 Å². The van der Waals surface area contributed by atoms with Crippen molar-refractivity contribution in [3.8, 4) is 0 Å². The van der Waals surface area contributed by atoms with Crippen molar-refractivity contribution in [2.45, 2.75) is 49.2 Å². The van der Waals surface area contributed by atoms with Crippen LogP contribution in [0.15, 0.2) is 47.4 Å². The zero-order valence-electron chi connectivity index (χ0n) is 19.7. The van der Waals surface area contributed by atoms with E-state index in [2.05, 4.69) is 0 Å². The number of anilines is 1. The summed E-state index contributed by atoms with van der Waals surface area (Å²) in [6, 6.07) is 6.67. The van der Waals surface area contributed by atoms with Crippen molar-refractivity contribution < 1.29 is 40.8 Å². The lowest BCUT2D eigenvalue weighted by Gasteiger charge is -2.30. The summed E-state index contributed by atoms with van der Waals surface area (Å²) in [5.74, 6) is -2.19. The number of nitrogens with one attached hydrogen (secondary N) is 1.